The van der Waals surface area contributed by atoms with Crippen LogP contribution in [0.4, 0.5) is 5.69 Å². The van der Waals surface area contributed by atoms with Gasteiger partial charge in [-0.15, -0.1) is 0 Å². The van der Waals surface area contributed by atoms with Gasteiger partial charge < -0.3 is 9.64 Å². The third-order valence-corrected chi connectivity index (χ3v) is 6.78. The van der Waals surface area contributed by atoms with Crippen molar-refractivity contribution in [1.82, 2.24) is 14.8 Å². The minimum absolute atomic E-state index is 0.647. The number of aromatic nitrogens is 1. The molecule has 5 rings (SSSR count). The molecule has 0 unspecified atom stereocenters. The normalized spacial score (nSPS) is 20.8. The molecule has 0 radical (unpaired) electrons. The van der Waals surface area contributed by atoms with Crippen LogP contribution in [0.3, 0.4) is 0 Å². The predicted octanol–water partition coefficient (Wildman–Crippen LogP) is 4.03. The number of likely N-dealkylation sites (tertiary alicyclic amines) is 1. The molecule has 0 aliphatic carbocycles. The van der Waals surface area contributed by atoms with Crippen LogP contribution in [0, 0.1) is 0 Å². The van der Waals surface area contributed by atoms with Crippen molar-refractivity contribution in [2.45, 2.75) is 25.4 Å². The van der Waals surface area contributed by atoms with E-state index in [-0.39, 0.29) is 0 Å². The van der Waals surface area contributed by atoms with Crippen molar-refractivity contribution in [3.8, 4) is 5.75 Å². The maximum absolute atomic E-state index is 5.57. The number of benzene rings is 2. The van der Waals surface area contributed by atoms with E-state index in [9.17, 15) is 0 Å². The Balaban J connectivity index is 1.19. The minimum Gasteiger partial charge on any atom is -0.495 e. The Morgan fingerprint density at radius 1 is 0.903 bits per heavy atom. The highest BCUT2D eigenvalue weighted by molar-refractivity contribution is 5.78. The molecule has 162 valence electrons. The van der Waals surface area contributed by atoms with Crippen LogP contribution in [-0.4, -0.2) is 67.2 Å². The van der Waals surface area contributed by atoms with Gasteiger partial charge in [0, 0.05) is 50.7 Å². The summed E-state index contributed by atoms with van der Waals surface area (Å²) >= 11 is 0. The fourth-order valence-corrected chi connectivity index (χ4v) is 5.12. The molecule has 3 aromatic rings. The van der Waals surface area contributed by atoms with Crippen molar-refractivity contribution in [3.05, 3.63) is 66.4 Å². The fourth-order valence-electron chi connectivity index (χ4n) is 5.12. The summed E-state index contributed by atoms with van der Waals surface area (Å²) in [5, 5.41) is 1.22. The zero-order chi connectivity index (χ0) is 21.0. The van der Waals surface area contributed by atoms with Gasteiger partial charge in [-0.2, -0.15) is 0 Å². The molecular weight excluding hydrogens is 384 g/mol. The molecule has 0 bridgehead atoms. The molecule has 0 amide bonds. The molecule has 0 saturated carbocycles. The van der Waals surface area contributed by atoms with Crippen molar-refractivity contribution in [1.29, 1.82) is 0 Å². The molecule has 2 aromatic carbocycles. The molecule has 31 heavy (non-hydrogen) atoms. The van der Waals surface area contributed by atoms with Crippen LogP contribution < -0.4 is 9.64 Å². The SMILES string of the molecule is COc1ccccc1N1CCN([C@H]2CCCN(Cc3ccc4ccccc4n3)C2)CC1. The van der Waals surface area contributed by atoms with Gasteiger partial charge in [-0.3, -0.25) is 14.8 Å². The smallest absolute Gasteiger partial charge is 0.142 e. The van der Waals surface area contributed by atoms with Crippen LogP contribution in [0.1, 0.15) is 18.5 Å². The Labute approximate surface area is 185 Å². The number of methoxy groups -OCH3 is 1. The van der Waals surface area contributed by atoms with E-state index in [1.165, 1.54) is 36.2 Å². The van der Waals surface area contributed by atoms with Gasteiger partial charge in [0.25, 0.3) is 0 Å². The zero-order valence-electron chi connectivity index (χ0n) is 18.4. The molecule has 0 spiro atoms. The molecule has 2 aliphatic rings. The third-order valence-electron chi connectivity index (χ3n) is 6.78. The molecule has 0 N–H and O–H groups in total. The number of pyridine rings is 1. The summed E-state index contributed by atoms with van der Waals surface area (Å²) in [5.41, 5.74) is 3.50. The van der Waals surface area contributed by atoms with E-state index >= 15 is 0 Å². The lowest BCUT2D eigenvalue weighted by Gasteiger charge is -2.44. The summed E-state index contributed by atoms with van der Waals surface area (Å²) < 4.78 is 5.57. The number of hydrogen-bond acceptors (Lipinski definition) is 5. The number of hydrogen-bond donors (Lipinski definition) is 0. The van der Waals surface area contributed by atoms with Crippen LogP contribution in [0.25, 0.3) is 10.9 Å². The first-order valence-electron chi connectivity index (χ1n) is 11.5. The molecule has 5 heteroatoms. The summed E-state index contributed by atoms with van der Waals surface area (Å²) in [6.07, 6.45) is 2.57. The van der Waals surface area contributed by atoms with E-state index in [0.29, 0.717) is 6.04 Å². The molecular formula is C26H32N4O. The summed E-state index contributed by atoms with van der Waals surface area (Å²) in [5.74, 6) is 0.975. The standard InChI is InChI=1S/C26H32N4O/c1-31-26-11-5-4-10-25(26)30-17-15-29(16-18-30)23-8-6-14-28(20-23)19-22-13-12-21-7-2-3-9-24(21)27-22/h2-5,7,9-13,23H,6,8,14-20H2,1H3/t23-/m0/s1. The second-order valence-electron chi connectivity index (χ2n) is 8.72. The molecule has 3 heterocycles. The van der Waals surface area contributed by atoms with Crippen molar-refractivity contribution in [2.24, 2.45) is 0 Å². The lowest BCUT2D eigenvalue weighted by atomic mass is 10.0. The molecule has 2 fully saturated rings. The van der Waals surface area contributed by atoms with Crippen LogP contribution in [-0.2, 0) is 6.54 Å². The summed E-state index contributed by atoms with van der Waals surface area (Å²) in [6, 6.07) is 21.8. The maximum Gasteiger partial charge on any atom is 0.142 e. The second-order valence-corrected chi connectivity index (χ2v) is 8.72. The van der Waals surface area contributed by atoms with E-state index in [2.05, 4.69) is 69.3 Å². The van der Waals surface area contributed by atoms with Crippen LogP contribution in [0.5, 0.6) is 5.75 Å². The highest BCUT2D eigenvalue weighted by Crippen LogP contribution is 2.29. The van der Waals surface area contributed by atoms with Gasteiger partial charge in [0.15, 0.2) is 0 Å². The lowest BCUT2D eigenvalue weighted by Crippen LogP contribution is -2.55. The Hall–Kier alpha value is -2.63. The highest BCUT2D eigenvalue weighted by atomic mass is 16.5. The second kappa shape index (κ2) is 9.25. The Kier molecular flexibility index (Phi) is 6.05. The van der Waals surface area contributed by atoms with Crippen molar-refractivity contribution in [2.75, 3.05) is 51.3 Å². The van der Waals surface area contributed by atoms with E-state index in [0.717, 1.165) is 50.5 Å². The quantitative estimate of drug-likeness (QED) is 0.627. The highest BCUT2D eigenvalue weighted by Gasteiger charge is 2.29. The summed E-state index contributed by atoms with van der Waals surface area (Å²) in [6.45, 7) is 7.61. The van der Waals surface area contributed by atoms with Gasteiger partial charge in [-0.1, -0.05) is 36.4 Å². The third kappa shape index (κ3) is 4.53. The van der Waals surface area contributed by atoms with Gasteiger partial charge >= 0.3 is 0 Å². The monoisotopic (exact) mass is 416 g/mol. The average molecular weight is 417 g/mol. The Bertz CT molecular complexity index is 1010. The van der Waals surface area contributed by atoms with Crippen molar-refractivity contribution < 1.29 is 4.74 Å². The van der Waals surface area contributed by atoms with E-state index in [4.69, 9.17) is 9.72 Å². The summed E-state index contributed by atoms with van der Waals surface area (Å²) in [7, 11) is 1.76. The first-order valence-corrected chi connectivity index (χ1v) is 11.5. The van der Waals surface area contributed by atoms with Crippen LogP contribution >= 0.6 is 0 Å². The van der Waals surface area contributed by atoms with Crippen LogP contribution in [0.2, 0.25) is 0 Å². The number of piperazine rings is 1. The van der Waals surface area contributed by atoms with Crippen molar-refractivity contribution in [3.63, 3.8) is 0 Å². The van der Waals surface area contributed by atoms with Gasteiger partial charge in [-0.25, -0.2) is 0 Å². The topological polar surface area (TPSA) is 31.8 Å². The van der Waals surface area contributed by atoms with Gasteiger partial charge in [0.05, 0.1) is 24.0 Å². The molecule has 2 saturated heterocycles. The predicted molar refractivity (Wildman–Crippen MR) is 127 cm³/mol. The largest absolute Gasteiger partial charge is 0.495 e. The molecule has 1 atom stereocenters. The number of anilines is 1. The van der Waals surface area contributed by atoms with Gasteiger partial charge in [0.2, 0.25) is 0 Å². The number of piperidine rings is 1. The molecule has 1 aromatic heterocycles. The number of nitrogens with zero attached hydrogens (tertiary/aromatic N) is 4. The molecule has 5 nitrogen and oxygen atoms in total. The fraction of sp³-hybridized carbons (Fsp3) is 0.423. The van der Waals surface area contributed by atoms with E-state index in [1.54, 1.807) is 7.11 Å². The van der Waals surface area contributed by atoms with Gasteiger partial charge in [0.1, 0.15) is 5.75 Å². The summed E-state index contributed by atoms with van der Waals surface area (Å²) in [4.78, 5) is 12.7. The Morgan fingerprint density at radius 2 is 1.71 bits per heavy atom. The molecule has 2 aliphatic heterocycles. The zero-order valence-corrected chi connectivity index (χ0v) is 18.4. The minimum atomic E-state index is 0.647. The van der Waals surface area contributed by atoms with Gasteiger partial charge in [-0.05, 0) is 43.7 Å². The Morgan fingerprint density at radius 3 is 2.58 bits per heavy atom. The lowest BCUT2D eigenvalue weighted by molar-refractivity contribution is 0.0881. The number of rotatable bonds is 5. The first kappa shape index (κ1) is 20.3. The van der Waals surface area contributed by atoms with E-state index in [1.807, 2.05) is 6.07 Å². The number of para-hydroxylation sites is 3. The average Bonchev–Trinajstić information content (AvgIpc) is 2.84. The number of fused-ring (bicyclic) bond motifs is 1. The van der Waals surface area contributed by atoms with Crippen LogP contribution in [0.15, 0.2) is 60.7 Å². The van der Waals surface area contributed by atoms with Crippen molar-refractivity contribution >= 4 is 16.6 Å². The number of ether oxygens (including phenoxy) is 1. The van der Waals surface area contributed by atoms with E-state index < -0.39 is 0 Å². The maximum atomic E-state index is 5.57. The first-order chi connectivity index (χ1) is 15.3.